The molecule has 4 nitrogen and oxygen atoms in total. The Bertz CT molecular complexity index is 916. The number of nitrogens with zero attached hydrogens (tertiary/aromatic N) is 2. The molecular weight excluding hydrogens is 443 g/mol. The molecule has 0 radical (unpaired) electrons. The van der Waals surface area contributed by atoms with E-state index in [1.807, 2.05) is 29.2 Å². The molecule has 6 heteroatoms. The van der Waals surface area contributed by atoms with Gasteiger partial charge in [-0.3, -0.25) is 9.59 Å². The fourth-order valence-corrected chi connectivity index (χ4v) is 4.38. The highest BCUT2D eigenvalue weighted by molar-refractivity contribution is 6.31. The van der Waals surface area contributed by atoms with E-state index in [1.165, 1.54) is 16.7 Å². The summed E-state index contributed by atoms with van der Waals surface area (Å²) in [5, 5.41) is 0.830. The number of fused-ring (bicyclic) bond motifs is 1. The number of carbonyl (C=O) groups excluding carboxylic acids is 2. The molecule has 0 spiro atoms. The molecule has 2 aromatic carbocycles. The van der Waals surface area contributed by atoms with Gasteiger partial charge in [-0.25, -0.2) is 0 Å². The van der Waals surface area contributed by atoms with Crippen LogP contribution in [0.15, 0.2) is 42.5 Å². The molecule has 2 aromatic rings. The predicted molar refractivity (Wildman–Crippen MR) is 134 cm³/mol. The van der Waals surface area contributed by atoms with Crippen LogP contribution >= 0.6 is 24.0 Å². The number of hydrogen-bond donors (Lipinski definition) is 0. The number of likely N-dealkylation sites (N-methyl/N-ethyl adjacent to an activating group) is 1. The number of unbranched alkanes of at least 4 members (excludes halogenated alkanes) is 1. The molecule has 174 valence electrons. The molecule has 0 aliphatic carbocycles. The van der Waals surface area contributed by atoms with Gasteiger partial charge < -0.3 is 9.80 Å². The Hall–Kier alpha value is -1.88. The lowest BCUT2D eigenvalue weighted by molar-refractivity contribution is -0.128. The second-order valence-electron chi connectivity index (χ2n) is 8.51. The third-order valence-electron chi connectivity index (χ3n) is 6.19. The Morgan fingerprint density at radius 3 is 2.44 bits per heavy atom. The van der Waals surface area contributed by atoms with Gasteiger partial charge in [-0.1, -0.05) is 41.9 Å². The number of carbonyl (C=O) groups is 2. The minimum Gasteiger partial charge on any atom is -0.342 e. The zero-order valence-electron chi connectivity index (χ0n) is 19.1. The fourth-order valence-electron chi connectivity index (χ4n) is 4.15. The van der Waals surface area contributed by atoms with Crippen molar-refractivity contribution >= 4 is 35.7 Å². The van der Waals surface area contributed by atoms with Crippen LogP contribution in [0.5, 0.6) is 0 Å². The smallest absolute Gasteiger partial charge is 0.219 e. The average molecular weight is 477 g/mol. The van der Waals surface area contributed by atoms with Crippen molar-refractivity contribution in [2.75, 3.05) is 33.2 Å². The second kappa shape index (κ2) is 13.0. The first-order chi connectivity index (χ1) is 14.9. The molecule has 0 N–H and O–H groups in total. The van der Waals surface area contributed by atoms with Crippen LogP contribution in [0.1, 0.15) is 53.2 Å². The molecule has 0 fully saturated rings. The Morgan fingerprint density at radius 2 is 1.72 bits per heavy atom. The van der Waals surface area contributed by atoms with Gasteiger partial charge in [-0.15, -0.1) is 12.4 Å². The monoisotopic (exact) mass is 476 g/mol. The minimum absolute atomic E-state index is 0. The first kappa shape index (κ1) is 26.4. The zero-order valence-corrected chi connectivity index (χ0v) is 20.7. The summed E-state index contributed by atoms with van der Waals surface area (Å²) in [4.78, 5) is 28.5. The lowest BCUT2D eigenvalue weighted by Gasteiger charge is -2.17. The van der Waals surface area contributed by atoms with Crippen molar-refractivity contribution in [3.05, 3.63) is 69.7 Å². The summed E-state index contributed by atoms with van der Waals surface area (Å²) in [5.74, 6) is 0.343. The highest BCUT2D eigenvalue weighted by Gasteiger charge is 2.17. The minimum atomic E-state index is 0. The first-order valence-electron chi connectivity index (χ1n) is 11.3. The van der Waals surface area contributed by atoms with Crippen LogP contribution in [0.2, 0.25) is 5.02 Å². The second-order valence-corrected chi connectivity index (χ2v) is 8.92. The zero-order chi connectivity index (χ0) is 22.2. The lowest BCUT2D eigenvalue weighted by Crippen LogP contribution is -2.30. The maximum absolute atomic E-state index is 12.7. The average Bonchev–Trinajstić information content (AvgIpc) is 2.98. The largest absolute Gasteiger partial charge is 0.342 e. The van der Waals surface area contributed by atoms with Crippen molar-refractivity contribution < 1.29 is 9.59 Å². The topological polar surface area (TPSA) is 40.6 Å². The highest BCUT2D eigenvalue weighted by atomic mass is 35.5. The molecule has 0 bridgehead atoms. The highest BCUT2D eigenvalue weighted by Crippen LogP contribution is 2.20. The van der Waals surface area contributed by atoms with E-state index in [0.29, 0.717) is 6.42 Å². The van der Waals surface area contributed by atoms with Crippen LogP contribution in [-0.4, -0.2) is 54.7 Å². The Balaban J connectivity index is 0.00000363. The summed E-state index contributed by atoms with van der Waals surface area (Å²) in [7, 11) is 2.12. The summed E-state index contributed by atoms with van der Waals surface area (Å²) in [5.41, 5.74) is 4.47. The van der Waals surface area contributed by atoms with Crippen LogP contribution < -0.4 is 0 Å². The molecule has 0 saturated heterocycles. The van der Waals surface area contributed by atoms with Crippen LogP contribution in [-0.2, 0) is 24.1 Å². The number of Topliss-reactive ketones (excluding diaryl/α,β-unsaturated/α-hetero) is 1. The van der Waals surface area contributed by atoms with Gasteiger partial charge in [0.2, 0.25) is 5.91 Å². The number of benzene rings is 2. The summed E-state index contributed by atoms with van der Waals surface area (Å²) < 4.78 is 0. The molecule has 0 atom stereocenters. The van der Waals surface area contributed by atoms with Gasteiger partial charge >= 0.3 is 0 Å². The van der Waals surface area contributed by atoms with Gasteiger partial charge in [0.25, 0.3) is 0 Å². The number of hydrogen-bond acceptors (Lipinski definition) is 3. The molecule has 0 saturated carbocycles. The van der Waals surface area contributed by atoms with Crippen molar-refractivity contribution in [2.24, 2.45) is 0 Å². The molecule has 0 aromatic heterocycles. The fraction of sp³-hybridized carbons (Fsp3) is 0.462. The van der Waals surface area contributed by atoms with E-state index < -0.39 is 0 Å². The number of rotatable bonds is 9. The van der Waals surface area contributed by atoms with E-state index in [-0.39, 0.29) is 24.1 Å². The summed E-state index contributed by atoms with van der Waals surface area (Å²) in [6.07, 6.45) is 5.10. The summed E-state index contributed by atoms with van der Waals surface area (Å²) in [6.45, 7) is 5.06. The van der Waals surface area contributed by atoms with E-state index in [2.05, 4.69) is 30.1 Å². The van der Waals surface area contributed by atoms with E-state index >= 15 is 0 Å². The maximum Gasteiger partial charge on any atom is 0.219 e. The summed E-state index contributed by atoms with van der Waals surface area (Å²) in [6, 6.07) is 14.1. The van der Waals surface area contributed by atoms with Crippen LogP contribution in [0.25, 0.3) is 0 Å². The van der Waals surface area contributed by atoms with Gasteiger partial charge in [0, 0.05) is 43.6 Å². The Labute approximate surface area is 203 Å². The molecule has 32 heavy (non-hydrogen) atoms. The first-order valence-corrected chi connectivity index (χ1v) is 11.6. The SMILES string of the molecule is CC(=O)N1CCc2ccc(C(=O)CCCCN(C)CCc3ccccc3Cl)cc2CC1.Cl. The molecule has 3 rings (SSSR count). The van der Waals surface area contributed by atoms with Crippen molar-refractivity contribution in [2.45, 2.75) is 45.4 Å². The van der Waals surface area contributed by atoms with E-state index in [1.54, 1.807) is 6.92 Å². The third kappa shape index (κ3) is 7.61. The number of halogens is 2. The van der Waals surface area contributed by atoms with Crippen LogP contribution in [0.3, 0.4) is 0 Å². The molecule has 1 aliphatic heterocycles. The number of ketones is 1. The van der Waals surface area contributed by atoms with Crippen molar-refractivity contribution in [3.63, 3.8) is 0 Å². The van der Waals surface area contributed by atoms with Gasteiger partial charge in [0.15, 0.2) is 5.78 Å². The molecular formula is C26H34Cl2N2O2. The molecule has 1 amide bonds. The van der Waals surface area contributed by atoms with Gasteiger partial charge in [-0.05, 0) is 74.5 Å². The molecule has 1 aliphatic rings. The van der Waals surface area contributed by atoms with Gasteiger partial charge in [-0.2, -0.15) is 0 Å². The van der Waals surface area contributed by atoms with Crippen molar-refractivity contribution in [1.29, 1.82) is 0 Å². The number of amides is 1. The van der Waals surface area contributed by atoms with Crippen molar-refractivity contribution in [3.8, 4) is 0 Å². The standard InChI is InChI=1S/C26H33ClN2O2.ClH/c1-20(30)29-17-13-21-10-11-24(19-23(21)14-18-29)26(31)9-5-6-15-28(2)16-12-22-7-3-4-8-25(22)27;/h3-4,7-8,10-11,19H,5-6,9,12-18H2,1-2H3;1H. The molecule has 0 unspecified atom stereocenters. The summed E-state index contributed by atoms with van der Waals surface area (Å²) >= 11 is 6.23. The van der Waals surface area contributed by atoms with Crippen LogP contribution in [0, 0.1) is 0 Å². The van der Waals surface area contributed by atoms with Crippen molar-refractivity contribution in [1.82, 2.24) is 9.80 Å². The maximum atomic E-state index is 12.7. The van der Waals surface area contributed by atoms with Gasteiger partial charge in [0.05, 0.1) is 0 Å². The van der Waals surface area contributed by atoms with E-state index in [4.69, 9.17) is 11.6 Å². The Kier molecular flexibility index (Phi) is 10.7. The van der Waals surface area contributed by atoms with Crippen LogP contribution in [0.4, 0.5) is 0 Å². The van der Waals surface area contributed by atoms with E-state index in [9.17, 15) is 9.59 Å². The lowest BCUT2D eigenvalue weighted by atomic mass is 9.97. The predicted octanol–water partition coefficient (Wildman–Crippen LogP) is 5.24. The normalized spacial score (nSPS) is 13.3. The van der Waals surface area contributed by atoms with Gasteiger partial charge in [0.1, 0.15) is 0 Å². The third-order valence-corrected chi connectivity index (χ3v) is 6.56. The Morgan fingerprint density at radius 1 is 1.00 bits per heavy atom. The quantitative estimate of drug-likeness (QED) is 0.367. The van der Waals surface area contributed by atoms with E-state index in [0.717, 1.165) is 68.9 Å². The molecule has 1 heterocycles.